The number of nitrogens with zero attached hydrogens (tertiary/aromatic N) is 4. The lowest BCUT2D eigenvalue weighted by molar-refractivity contribution is 0.329. The fourth-order valence-corrected chi connectivity index (χ4v) is 7.21. The molecule has 0 unspecified atom stereocenters. The van der Waals surface area contributed by atoms with E-state index in [2.05, 4.69) is 28.2 Å². The van der Waals surface area contributed by atoms with Gasteiger partial charge in [0.15, 0.2) is 23.1 Å². The number of phenolic OH excluding ortho intramolecular Hbond substituents is 5. The van der Waals surface area contributed by atoms with Crippen LogP contribution >= 0.6 is 0 Å². The first-order valence-corrected chi connectivity index (χ1v) is 15.4. The first kappa shape index (κ1) is 27.1. The molecule has 0 amide bonds. The standard InChI is InChI=1S/C39H22N4O6/c44-32-31(33(45)35(47)36(48)34(32)46)38-40-37(41-39(42-38)43-25-13-5-3-10-21(25)22-11-4-6-14-26(22)43)18-16-24-20-9-2-1-8-19(20)23-12-7-15-27-29(23)30(24)28(17-18)49-27/h1-17,44-48H. The maximum absolute atomic E-state index is 11.0. The molecule has 0 aliphatic rings. The minimum absolute atomic E-state index is 0.143. The van der Waals surface area contributed by atoms with E-state index in [1.54, 1.807) is 0 Å². The Morgan fingerprint density at radius 1 is 0.449 bits per heavy atom. The molecule has 0 aliphatic heterocycles. The fourth-order valence-electron chi connectivity index (χ4n) is 7.21. The van der Waals surface area contributed by atoms with E-state index in [4.69, 9.17) is 9.40 Å². The maximum Gasteiger partial charge on any atom is 0.238 e. The van der Waals surface area contributed by atoms with Gasteiger partial charge < -0.3 is 29.9 Å². The third-order valence-corrected chi connectivity index (χ3v) is 9.36. The van der Waals surface area contributed by atoms with E-state index in [1.165, 1.54) is 0 Å². The number of phenols is 5. The molecule has 0 radical (unpaired) electrons. The lowest BCUT2D eigenvalue weighted by atomic mass is 9.93. The molecule has 5 N–H and O–H groups in total. The summed E-state index contributed by atoms with van der Waals surface area (Å²) in [6.07, 6.45) is 0. The highest BCUT2D eigenvalue weighted by Crippen LogP contribution is 2.54. The summed E-state index contributed by atoms with van der Waals surface area (Å²) in [5.74, 6) is -4.94. The summed E-state index contributed by atoms with van der Waals surface area (Å²) in [6.45, 7) is 0. The Bertz CT molecular complexity index is 2940. The number of hydrogen-bond donors (Lipinski definition) is 5. The second kappa shape index (κ2) is 9.49. The van der Waals surface area contributed by atoms with Gasteiger partial charge in [-0.1, -0.05) is 72.8 Å². The van der Waals surface area contributed by atoms with Crippen LogP contribution in [0.1, 0.15) is 0 Å². The van der Waals surface area contributed by atoms with E-state index in [0.717, 1.165) is 59.7 Å². The lowest BCUT2D eigenvalue weighted by Crippen LogP contribution is -2.06. The molecule has 0 saturated carbocycles. The van der Waals surface area contributed by atoms with Crippen molar-refractivity contribution in [2.75, 3.05) is 0 Å². The molecule has 0 atom stereocenters. The molecule has 7 aromatic carbocycles. The van der Waals surface area contributed by atoms with E-state index in [9.17, 15) is 25.5 Å². The molecule has 0 saturated heterocycles. The molecule has 0 spiro atoms. The van der Waals surface area contributed by atoms with Crippen LogP contribution in [0.5, 0.6) is 28.7 Å². The van der Waals surface area contributed by atoms with Gasteiger partial charge in [0.1, 0.15) is 16.7 Å². The van der Waals surface area contributed by atoms with E-state index in [0.29, 0.717) is 11.1 Å². The van der Waals surface area contributed by atoms with E-state index in [-0.39, 0.29) is 17.6 Å². The highest BCUT2D eigenvalue weighted by atomic mass is 16.4. The summed E-state index contributed by atoms with van der Waals surface area (Å²) in [5, 5.41) is 61.0. The maximum atomic E-state index is 11.0. The minimum atomic E-state index is -1.08. The zero-order valence-corrected chi connectivity index (χ0v) is 25.2. The van der Waals surface area contributed by atoms with Crippen molar-refractivity contribution >= 4 is 65.3 Å². The number of fused-ring (bicyclic) bond motifs is 6. The molecule has 10 nitrogen and oxygen atoms in total. The first-order chi connectivity index (χ1) is 23.9. The van der Waals surface area contributed by atoms with Crippen molar-refractivity contribution < 1.29 is 29.9 Å². The molecule has 49 heavy (non-hydrogen) atoms. The SMILES string of the molecule is Oc1c(O)c(O)c(-c2nc(-c3cc4oc5cccc6c7ccccc7c(c3)c4c56)nc(-n3c4ccccc4c4ccccc43)n2)c(O)c1O. The third-order valence-electron chi connectivity index (χ3n) is 9.36. The van der Waals surface area contributed by atoms with Crippen LogP contribution < -0.4 is 0 Å². The van der Waals surface area contributed by atoms with Gasteiger partial charge >= 0.3 is 0 Å². The number of benzene rings is 7. The second-order valence-corrected chi connectivity index (χ2v) is 12.0. The fraction of sp³-hybridized carbons (Fsp3) is 0. The Hall–Kier alpha value is -7.07. The normalized spacial score (nSPS) is 12.1. The smallest absolute Gasteiger partial charge is 0.238 e. The molecule has 10 rings (SSSR count). The summed E-state index contributed by atoms with van der Waals surface area (Å²) in [7, 11) is 0. The van der Waals surface area contributed by atoms with Gasteiger partial charge in [-0.3, -0.25) is 4.57 Å². The largest absolute Gasteiger partial charge is 0.504 e. The number of rotatable bonds is 3. The number of aromatic nitrogens is 4. The monoisotopic (exact) mass is 642 g/mol. The molecular weight excluding hydrogens is 620 g/mol. The Morgan fingerprint density at radius 3 is 1.65 bits per heavy atom. The summed E-state index contributed by atoms with van der Waals surface area (Å²) in [6, 6.07) is 33.5. The van der Waals surface area contributed by atoms with Crippen LogP contribution in [-0.4, -0.2) is 45.1 Å². The summed E-state index contributed by atoms with van der Waals surface area (Å²) in [5.41, 5.74) is 3.01. The predicted molar refractivity (Wildman–Crippen MR) is 187 cm³/mol. The van der Waals surface area contributed by atoms with Gasteiger partial charge in [-0.2, -0.15) is 9.97 Å². The summed E-state index contributed by atoms with van der Waals surface area (Å²) >= 11 is 0. The van der Waals surface area contributed by atoms with Crippen molar-refractivity contribution in [2.24, 2.45) is 0 Å². The molecule has 0 bridgehead atoms. The van der Waals surface area contributed by atoms with Gasteiger partial charge in [0.05, 0.1) is 11.0 Å². The van der Waals surface area contributed by atoms with E-state index < -0.39 is 34.3 Å². The molecule has 10 aromatic rings. The van der Waals surface area contributed by atoms with Crippen LogP contribution in [0.3, 0.4) is 0 Å². The Kier molecular flexibility index (Phi) is 5.24. The molecule has 3 heterocycles. The van der Waals surface area contributed by atoms with Crippen LogP contribution in [0.25, 0.3) is 94.0 Å². The van der Waals surface area contributed by atoms with Crippen LogP contribution in [-0.2, 0) is 0 Å². The van der Waals surface area contributed by atoms with Gasteiger partial charge in [0, 0.05) is 27.1 Å². The highest BCUT2D eigenvalue weighted by molar-refractivity contribution is 6.33. The predicted octanol–water partition coefficient (Wildman–Crippen LogP) is 8.47. The average Bonchev–Trinajstić information content (AvgIpc) is 3.69. The lowest BCUT2D eigenvalue weighted by Gasteiger charge is -2.14. The van der Waals surface area contributed by atoms with Crippen molar-refractivity contribution in [2.45, 2.75) is 0 Å². The number of hydrogen-bond acceptors (Lipinski definition) is 9. The van der Waals surface area contributed by atoms with Gasteiger partial charge in [0.2, 0.25) is 23.2 Å². The first-order valence-electron chi connectivity index (χ1n) is 15.4. The van der Waals surface area contributed by atoms with Crippen LogP contribution in [0.15, 0.2) is 108 Å². The zero-order valence-electron chi connectivity index (χ0n) is 25.2. The number of aromatic hydroxyl groups is 5. The molecule has 10 heteroatoms. The summed E-state index contributed by atoms with van der Waals surface area (Å²) in [4.78, 5) is 14.3. The van der Waals surface area contributed by atoms with Gasteiger partial charge in [-0.05, 0) is 51.9 Å². The van der Waals surface area contributed by atoms with Crippen LogP contribution in [0.4, 0.5) is 0 Å². The molecule has 234 valence electrons. The number of furan rings is 1. The quantitative estimate of drug-likeness (QED) is 0.0724. The van der Waals surface area contributed by atoms with Crippen molar-refractivity contribution in [3.8, 4) is 57.5 Å². The van der Waals surface area contributed by atoms with Crippen molar-refractivity contribution in [3.63, 3.8) is 0 Å². The Balaban J connectivity index is 1.34. The van der Waals surface area contributed by atoms with Crippen molar-refractivity contribution in [3.05, 3.63) is 103 Å². The number of para-hydroxylation sites is 2. The van der Waals surface area contributed by atoms with Crippen molar-refractivity contribution in [1.82, 2.24) is 19.5 Å². The molecule has 0 fully saturated rings. The van der Waals surface area contributed by atoms with Gasteiger partial charge in [-0.15, -0.1) is 0 Å². The topological polar surface area (TPSA) is 158 Å². The summed E-state index contributed by atoms with van der Waals surface area (Å²) < 4.78 is 8.26. The molecule has 0 aliphatic carbocycles. The van der Waals surface area contributed by atoms with Gasteiger partial charge in [-0.25, -0.2) is 4.98 Å². The third kappa shape index (κ3) is 3.56. The highest BCUT2D eigenvalue weighted by Gasteiger charge is 2.28. The average molecular weight is 643 g/mol. The van der Waals surface area contributed by atoms with E-state index >= 15 is 0 Å². The van der Waals surface area contributed by atoms with Crippen molar-refractivity contribution in [1.29, 1.82) is 0 Å². The Labute approximate surface area is 275 Å². The van der Waals surface area contributed by atoms with Crippen LogP contribution in [0, 0.1) is 0 Å². The minimum Gasteiger partial charge on any atom is -0.504 e. The van der Waals surface area contributed by atoms with Crippen LogP contribution in [0.2, 0.25) is 0 Å². The van der Waals surface area contributed by atoms with Gasteiger partial charge in [0.25, 0.3) is 0 Å². The Morgan fingerprint density at radius 2 is 0.980 bits per heavy atom. The molecule has 3 aromatic heterocycles. The van der Waals surface area contributed by atoms with E-state index in [1.807, 2.05) is 89.5 Å². The molecular formula is C39H22N4O6. The zero-order chi connectivity index (χ0) is 33.1. The second-order valence-electron chi connectivity index (χ2n) is 12.0.